The van der Waals surface area contributed by atoms with Crippen molar-refractivity contribution >= 4 is 34.4 Å². The number of carbonyl (C=O) groups is 2. The lowest BCUT2D eigenvalue weighted by Gasteiger charge is -2.31. The predicted molar refractivity (Wildman–Crippen MR) is 117 cm³/mol. The molecule has 0 radical (unpaired) electrons. The Morgan fingerprint density at radius 1 is 0.933 bits per heavy atom. The first kappa shape index (κ1) is 18.6. The molecule has 0 saturated carbocycles. The average Bonchev–Trinajstić information content (AvgIpc) is 3.39. The van der Waals surface area contributed by atoms with E-state index in [9.17, 15) is 9.59 Å². The van der Waals surface area contributed by atoms with Crippen LogP contribution in [-0.4, -0.2) is 30.4 Å². The molecule has 2 amide bonds. The molecular formula is C24H20N2O3S. The van der Waals surface area contributed by atoms with Crippen molar-refractivity contribution in [3.05, 3.63) is 87.7 Å². The van der Waals surface area contributed by atoms with Gasteiger partial charge in [-0.15, -0.1) is 11.3 Å². The number of fused-ring (bicyclic) bond motifs is 1. The quantitative estimate of drug-likeness (QED) is 0.601. The van der Waals surface area contributed by atoms with Crippen molar-refractivity contribution in [2.45, 2.75) is 13.0 Å². The minimum absolute atomic E-state index is 0.281. The summed E-state index contributed by atoms with van der Waals surface area (Å²) in [4.78, 5) is 31.2. The first-order chi connectivity index (χ1) is 14.7. The SMILES string of the molecule is COc1cccc(N2C(=O)C(c3cccs3)=C(N3CCc4ccccc4C3)C2=O)c1. The number of ether oxygens (including phenoxy) is 1. The zero-order chi connectivity index (χ0) is 20.7. The molecule has 0 atom stereocenters. The summed E-state index contributed by atoms with van der Waals surface area (Å²) in [5, 5.41) is 1.93. The molecule has 3 heterocycles. The molecular weight excluding hydrogens is 396 g/mol. The number of nitrogens with zero attached hydrogens (tertiary/aromatic N) is 2. The number of hydrogen-bond acceptors (Lipinski definition) is 5. The number of imide groups is 1. The minimum atomic E-state index is -0.287. The summed E-state index contributed by atoms with van der Waals surface area (Å²) in [7, 11) is 1.57. The fourth-order valence-corrected chi connectivity index (χ4v) is 4.89. The molecule has 1 aromatic heterocycles. The monoisotopic (exact) mass is 416 g/mol. The van der Waals surface area contributed by atoms with E-state index in [1.807, 2.05) is 29.6 Å². The fraction of sp³-hybridized carbons (Fsp3) is 0.167. The number of anilines is 1. The Morgan fingerprint density at radius 3 is 2.53 bits per heavy atom. The highest BCUT2D eigenvalue weighted by molar-refractivity contribution is 7.11. The molecule has 0 N–H and O–H groups in total. The van der Waals surface area contributed by atoms with E-state index in [1.165, 1.54) is 27.4 Å². The van der Waals surface area contributed by atoms with Gasteiger partial charge in [-0.25, -0.2) is 4.90 Å². The second-order valence-corrected chi connectivity index (χ2v) is 8.24. The van der Waals surface area contributed by atoms with E-state index in [0.29, 0.717) is 35.8 Å². The highest BCUT2D eigenvalue weighted by atomic mass is 32.1. The van der Waals surface area contributed by atoms with Gasteiger partial charge in [-0.05, 0) is 41.1 Å². The Morgan fingerprint density at radius 2 is 1.77 bits per heavy atom. The van der Waals surface area contributed by atoms with Crippen LogP contribution in [0, 0.1) is 0 Å². The molecule has 0 spiro atoms. The van der Waals surface area contributed by atoms with E-state index in [-0.39, 0.29) is 11.8 Å². The molecule has 0 bridgehead atoms. The molecule has 0 unspecified atom stereocenters. The van der Waals surface area contributed by atoms with E-state index in [4.69, 9.17) is 4.74 Å². The second-order valence-electron chi connectivity index (χ2n) is 7.29. The first-order valence-corrected chi connectivity index (χ1v) is 10.7. The van der Waals surface area contributed by atoms with Gasteiger partial charge in [0.2, 0.25) is 0 Å². The number of rotatable bonds is 4. The van der Waals surface area contributed by atoms with Crippen LogP contribution in [0.15, 0.2) is 71.7 Å². The fourth-order valence-electron chi connectivity index (χ4n) is 4.13. The van der Waals surface area contributed by atoms with Gasteiger partial charge in [-0.2, -0.15) is 0 Å². The van der Waals surface area contributed by atoms with Gasteiger partial charge in [0.05, 0.1) is 18.4 Å². The van der Waals surface area contributed by atoms with Crippen molar-refractivity contribution in [2.24, 2.45) is 0 Å². The average molecular weight is 417 g/mol. The molecule has 2 aliphatic rings. The van der Waals surface area contributed by atoms with Crippen LogP contribution in [0.1, 0.15) is 16.0 Å². The van der Waals surface area contributed by atoms with Gasteiger partial charge in [-0.3, -0.25) is 9.59 Å². The van der Waals surface area contributed by atoms with Crippen LogP contribution in [0.3, 0.4) is 0 Å². The summed E-state index contributed by atoms with van der Waals surface area (Å²) in [6.45, 7) is 1.32. The van der Waals surface area contributed by atoms with Crippen molar-refractivity contribution in [3.63, 3.8) is 0 Å². The van der Waals surface area contributed by atoms with Crippen molar-refractivity contribution in [3.8, 4) is 5.75 Å². The van der Waals surface area contributed by atoms with Crippen LogP contribution < -0.4 is 9.64 Å². The highest BCUT2D eigenvalue weighted by Crippen LogP contribution is 2.38. The lowest BCUT2D eigenvalue weighted by Crippen LogP contribution is -2.37. The molecule has 2 aliphatic heterocycles. The minimum Gasteiger partial charge on any atom is -0.497 e. The van der Waals surface area contributed by atoms with E-state index < -0.39 is 0 Å². The molecule has 2 aromatic carbocycles. The predicted octanol–water partition coefficient (Wildman–Crippen LogP) is 4.10. The van der Waals surface area contributed by atoms with Gasteiger partial charge >= 0.3 is 0 Å². The number of benzene rings is 2. The van der Waals surface area contributed by atoms with Crippen LogP contribution in [0.2, 0.25) is 0 Å². The second kappa shape index (κ2) is 7.46. The molecule has 30 heavy (non-hydrogen) atoms. The normalized spacial score (nSPS) is 16.3. The smallest absolute Gasteiger partial charge is 0.282 e. The van der Waals surface area contributed by atoms with E-state index in [2.05, 4.69) is 17.0 Å². The van der Waals surface area contributed by atoms with E-state index in [0.717, 1.165) is 11.3 Å². The third-order valence-electron chi connectivity index (χ3n) is 5.59. The highest BCUT2D eigenvalue weighted by Gasteiger charge is 2.43. The number of carbonyl (C=O) groups excluding carboxylic acids is 2. The van der Waals surface area contributed by atoms with E-state index in [1.54, 1.807) is 31.4 Å². The number of amides is 2. The van der Waals surface area contributed by atoms with Crippen molar-refractivity contribution in [2.75, 3.05) is 18.6 Å². The Labute approximate surface area is 178 Å². The Kier molecular flexibility index (Phi) is 4.64. The first-order valence-electron chi connectivity index (χ1n) is 9.80. The molecule has 3 aromatic rings. The van der Waals surface area contributed by atoms with Gasteiger partial charge in [0.15, 0.2) is 0 Å². The summed E-state index contributed by atoms with van der Waals surface area (Å²) in [6, 6.07) is 19.1. The lowest BCUT2D eigenvalue weighted by molar-refractivity contribution is -0.120. The third-order valence-corrected chi connectivity index (χ3v) is 6.47. The topological polar surface area (TPSA) is 49.9 Å². The summed E-state index contributed by atoms with van der Waals surface area (Å²) >= 11 is 1.48. The zero-order valence-corrected chi connectivity index (χ0v) is 17.3. The number of methoxy groups -OCH3 is 1. The van der Waals surface area contributed by atoms with Crippen LogP contribution in [0.25, 0.3) is 5.57 Å². The molecule has 0 fully saturated rings. The maximum Gasteiger partial charge on any atom is 0.282 e. The van der Waals surface area contributed by atoms with Crippen LogP contribution in [0.4, 0.5) is 5.69 Å². The zero-order valence-electron chi connectivity index (χ0n) is 16.5. The molecule has 150 valence electrons. The van der Waals surface area contributed by atoms with Crippen LogP contribution in [0.5, 0.6) is 5.75 Å². The van der Waals surface area contributed by atoms with Gasteiger partial charge < -0.3 is 9.64 Å². The molecule has 0 saturated heterocycles. The molecule has 0 aliphatic carbocycles. The lowest BCUT2D eigenvalue weighted by atomic mass is 9.99. The largest absolute Gasteiger partial charge is 0.497 e. The van der Waals surface area contributed by atoms with Crippen molar-refractivity contribution in [1.29, 1.82) is 0 Å². The van der Waals surface area contributed by atoms with Gasteiger partial charge in [-0.1, -0.05) is 36.4 Å². The summed E-state index contributed by atoms with van der Waals surface area (Å²) in [6.07, 6.45) is 0.845. The maximum absolute atomic E-state index is 13.6. The standard InChI is InChI=1S/C24H20N2O3S/c1-29-19-9-4-8-18(14-19)26-23(27)21(20-10-5-13-30-20)22(24(26)28)25-12-11-16-6-2-3-7-17(16)15-25/h2-10,13-14H,11-12,15H2,1H3. The van der Waals surface area contributed by atoms with E-state index >= 15 is 0 Å². The third kappa shape index (κ3) is 3.00. The van der Waals surface area contributed by atoms with Gasteiger partial charge in [0, 0.05) is 24.0 Å². The summed E-state index contributed by atoms with van der Waals surface area (Å²) in [5.41, 5.74) is 3.98. The van der Waals surface area contributed by atoms with Crippen LogP contribution in [-0.2, 0) is 22.6 Å². The van der Waals surface area contributed by atoms with Gasteiger partial charge in [0.1, 0.15) is 11.4 Å². The van der Waals surface area contributed by atoms with Gasteiger partial charge in [0.25, 0.3) is 11.8 Å². The van der Waals surface area contributed by atoms with Crippen LogP contribution >= 0.6 is 11.3 Å². The summed E-state index contributed by atoms with van der Waals surface area (Å²) < 4.78 is 5.29. The van der Waals surface area contributed by atoms with Crippen molar-refractivity contribution in [1.82, 2.24) is 4.90 Å². The van der Waals surface area contributed by atoms with Crippen molar-refractivity contribution < 1.29 is 14.3 Å². The number of thiophene rings is 1. The maximum atomic E-state index is 13.6. The molecule has 6 heteroatoms. The Hall–Kier alpha value is -3.38. The number of hydrogen-bond donors (Lipinski definition) is 0. The molecule has 5 nitrogen and oxygen atoms in total. The summed E-state index contributed by atoms with van der Waals surface area (Å²) in [5.74, 6) is 0.0340. The Bertz CT molecular complexity index is 1170. The molecule has 5 rings (SSSR count). The Balaban J connectivity index is 1.59.